The first-order chi connectivity index (χ1) is 13.1. The van der Waals surface area contributed by atoms with Gasteiger partial charge in [-0.3, -0.25) is 0 Å². The molecule has 7 nitrogen and oxygen atoms in total. The monoisotopic (exact) mass is 366 g/mol. The van der Waals surface area contributed by atoms with Crippen molar-refractivity contribution in [3.63, 3.8) is 0 Å². The minimum Gasteiger partial charge on any atom is -0.508 e. The third kappa shape index (κ3) is 3.54. The summed E-state index contributed by atoms with van der Waals surface area (Å²) in [6.07, 6.45) is 4.91. The van der Waals surface area contributed by atoms with E-state index in [1.54, 1.807) is 6.07 Å². The van der Waals surface area contributed by atoms with Crippen LogP contribution in [0.15, 0.2) is 30.6 Å². The summed E-state index contributed by atoms with van der Waals surface area (Å²) in [5.41, 5.74) is 2.58. The van der Waals surface area contributed by atoms with Crippen LogP contribution < -0.4 is 10.2 Å². The summed E-state index contributed by atoms with van der Waals surface area (Å²) in [7, 11) is 0. The lowest BCUT2D eigenvalue weighted by Gasteiger charge is -2.17. The normalized spacial score (nSPS) is 14.4. The van der Waals surface area contributed by atoms with E-state index in [1.165, 1.54) is 12.8 Å². The van der Waals surface area contributed by atoms with Crippen LogP contribution in [0.5, 0.6) is 5.75 Å². The number of phenols is 1. The van der Waals surface area contributed by atoms with Gasteiger partial charge >= 0.3 is 0 Å². The average Bonchev–Trinajstić information content (AvgIpc) is 3.32. The maximum absolute atomic E-state index is 9.96. The molecule has 0 amide bonds. The molecule has 0 atom stereocenters. The number of anilines is 2. The first kappa shape index (κ1) is 17.6. The van der Waals surface area contributed by atoms with Crippen molar-refractivity contribution in [3.8, 4) is 5.75 Å². The minimum absolute atomic E-state index is 0.283. The van der Waals surface area contributed by atoms with Crippen molar-refractivity contribution in [1.82, 2.24) is 19.5 Å². The highest BCUT2D eigenvalue weighted by Crippen LogP contribution is 2.26. The van der Waals surface area contributed by atoms with Gasteiger partial charge in [-0.25, -0.2) is 4.98 Å². The Labute approximate surface area is 159 Å². The van der Waals surface area contributed by atoms with E-state index in [0.717, 1.165) is 41.6 Å². The number of aromatic nitrogens is 4. The summed E-state index contributed by atoms with van der Waals surface area (Å²) in [5.74, 6) is 1.86. The maximum Gasteiger partial charge on any atom is 0.229 e. The molecule has 2 N–H and O–H groups in total. The Bertz CT molecular complexity index is 929. The van der Waals surface area contributed by atoms with Gasteiger partial charge in [0.1, 0.15) is 5.75 Å². The molecule has 1 aliphatic heterocycles. The Morgan fingerprint density at radius 3 is 2.67 bits per heavy atom. The van der Waals surface area contributed by atoms with E-state index >= 15 is 0 Å². The van der Waals surface area contributed by atoms with E-state index in [1.807, 2.05) is 24.5 Å². The number of fused-ring (bicyclic) bond motifs is 1. The van der Waals surface area contributed by atoms with Crippen molar-refractivity contribution in [3.05, 3.63) is 36.2 Å². The smallest absolute Gasteiger partial charge is 0.229 e. The molecule has 0 radical (unpaired) electrons. The van der Waals surface area contributed by atoms with Gasteiger partial charge in [0, 0.05) is 25.7 Å². The molecular formula is C20H26N6O. The highest BCUT2D eigenvalue weighted by molar-refractivity contribution is 5.84. The van der Waals surface area contributed by atoms with Crippen LogP contribution in [0.25, 0.3) is 11.2 Å². The van der Waals surface area contributed by atoms with Crippen LogP contribution in [-0.4, -0.2) is 44.3 Å². The number of nitrogens with one attached hydrogen (secondary N) is 1. The highest BCUT2D eigenvalue weighted by atomic mass is 16.3. The van der Waals surface area contributed by atoms with Gasteiger partial charge in [0.05, 0.1) is 6.33 Å². The SMILES string of the molecule is CC(C)n1cnc2c(NCCc3ccccc3O)nc(N3CCCC3)nc21. The van der Waals surface area contributed by atoms with Crippen molar-refractivity contribution in [2.45, 2.75) is 39.2 Å². The van der Waals surface area contributed by atoms with Gasteiger partial charge in [0.25, 0.3) is 0 Å². The van der Waals surface area contributed by atoms with Gasteiger partial charge in [-0.1, -0.05) is 18.2 Å². The van der Waals surface area contributed by atoms with E-state index in [2.05, 4.69) is 33.6 Å². The van der Waals surface area contributed by atoms with E-state index in [9.17, 15) is 5.11 Å². The second-order valence-electron chi connectivity index (χ2n) is 7.29. The van der Waals surface area contributed by atoms with Crippen molar-refractivity contribution in [1.29, 1.82) is 0 Å². The lowest BCUT2D eigenvalue weighted by Crippen LogP contribution is -2.21. The molecule has 1 aliphatic rings. The Kier molecular flexibility index (Phi) is 4.83. The lowest BCUT2D eigenvalue weighted by molar-refractivity contribution is 0.468. The van der Waals surface area contributed by atoms with Crippen molar-refractivity contribution < 1.29 is 5.11 Å². The van der Waals surface area contributed by atoms with Gasteiger partial charge < -0.3 is 19.9 Å². The summed E-state index contributed by atoms with van der Waals surface area (Å²) in [6.45, 7) is 6.92. The topological polar surface area (TPSA) is 79.1 Å². The molecule has 4 rings (SSSR count). The number of phenolic OH excluding ortho intramolecular Hbond substituents is 1. The number of nitrogens with zero attached hydrogens (tertiary/aromatic N) is 5. The zero-order valence-electron chi connectivity index (χ0n) is 15.9. The number of hydrogen-bond donors (Lipinski definition) is 2. The van der Waals surface area contributed by atoms with Crippen LogP contribution in [0.4, 0.5) is 11.8 Å². The number of benzene rings is 1. The van der Waals surface area contributed by atoms with Crippen molar-refractivity contribution in [2.24, 2.45) is 0 Å². The summed E-state index contributed by atoms with van der Waals surface area (Å²) in [4.78, 5) is 16.4. The van der Waals surface area contributed by atoms with E-state index < -0.39 is 0 Å². The van der Waals surface area contributed by atoms with Crippen LogP contribution in [-0.2, 0) is 6.42 Å². The van der Waals surface area contributed by atoms with Crippen LogP contribution in [0.2, 0.25) is 0 Å². The lowest BCUT2D eigenvalue weighted by atomic mass is 10.1. The number of hydrogen-bond acceptors (Lipinski definition) is 6. The summed E-state index contributed by atoms with van der Waals surface area (Å²) < 4.78 is 2.09. The minimum atomic E-state index is 0.283. The maximum atomic E-state index is 9.96. The standard InChI is InChI=1S/C20H26N6O/c1-14(2)26-13-22-17-18(21-10-9-15-7-3-4-8-16(15)27)23-20(24-19(17)26)25-11-5-6-12-25/h3-4,7-8,13-14,27H,5-6,9-12H2,1-2H3,(H,21,23,24). The molecule has 142 valence electrons. The third-order valence-corrected chi connectivity index (χ3v) is 5.03. The number of para-hydroxylation sites is 1. The van der Waals surface area contributed by atoms with E-state index in [0.29, 0.717) is 18.7 Å². The molecule has 7 heteroatoms. The molecule has 27 heavy (non-hydrogen) atoms. The number of rotatable bonds is 6. The molecule has 3 heterocycles. The fourth-order valence-electron chi connectivity index (χ4n) is 3.50. The second kappa shape index (κ2) is 7.42. The van der Waals surface area contributed by atoms with Gasteiger partial charge in [0.15, 0.2) is 17.0 Å². The Morgan fingerprint density at radius 1 is 1.15 bits per heavy atom. The van der Waals surface area contributed by atoms with Gasteiger partial charge in [0.2, 0.25) is 5.95 Å². The van der Waals surface area contributed by atoms with Crippen LogP contribution in [0, 0.1) is 0 Å². The van der Waals surface area contributed by atoms with Crippen molar-refractivity contribution >= 4 is 22.9 Å². The molecule has 0 bridgehead atoms. The van der Waals surface area contributed by atoms with Gasteiger partial charge in [-0.2, -0.15) is 9.97 Å². The van der Waals surface area contributed by atoms with Crippen LogP contribution >= 0.6 is 0 Å². The summed E-state index contributed by atoms with van der Waals surface area (Å²) >= 11 is 0. The summed E-state index contributed by atoms with van der Waals surface area (Å²) in [6, 6.07) is 7.71. The highest BCUT2D eigenvalue weighted by Gasteiger charge is 2.20. The second-order valence-corrected chi connectivity index (χ2v) is 7.29. The van der Waals surface area contributed by atoms with Crippen molar-refractivity contribution in [2.75, 3.05) is 29.9 Å². The fourth-order valence-corrected chi connectivity index (χ4v) is 3.50. The third-order valence-electron chi connectivity index (χ3n) is 5.03. The molecule has 0 aliphatic carbocycles. The molecule has 1 fully saturated rings. The van der Waals surface area contributed by atoms with E-state index in [-0.39, 0.29) is 6.04 Å². The molecule has 1 aromatic carbocycles. The fraction of sp³-hybridized carbons (Fsp3) is 0.450. The molecule has 3 aromatic rings. The molecule has 0 spiro atoms. The molecular weight excluding hydrogens is 340 g/mol. The largest absolute Gasteiger partial charge is 0.508 e. The number of aromatic hydroxyl groups is 1. The van der Waals surface area contributed by atoms with Gasteiger partial charge in [-0.05, 0) is 44.7 Å². The van der Waals surface area contributed by atoms with Crippen LogP contribution in [0.3, 0.4) is 0 Å². The number of imidazole rings is 1. The zero-order chi connectivity index (χ0) is 18.8. The molecule has 1 saturated heterocycles. The van der Waals surface area contributed by atoms with Crippen LogP contribution in [0.1, 0.15) is 38.3 Å². The summed E-state index contributed by atoms with van der Waals surface area (Å²) in [5, 5.41) is 13.4. The van der Waals surface area contributed by atoms with E-state index in [4.69, 9.17) is 9.97 Å². The first-order valence-corrected chi connectivity index (χ1v) is 9.64. The van der Waals surface area contributed by atoms with Gasteiger partial charge in [-0.15, -0.1) is 0 Å². The quantitative estimate of drug-likeness (QED) is 0.696. The Hall–Kier alpha value is -2.83. The molecule has 2 aromatic heterocycles. The Balaban J connectivity index is 1.62. The first-order valence-electron chi connectivity index (χ1n) is 9.64. The Morgan fingerprint density at radius 2 is 1.93 bits per heavy atom. The molecule has 0 unspecified atom stereocenters. The average molecular weight is 366 g/mol. The molecule has 0 saturated carbocycles. The predicted octanol–water partition coefficient (Wildman–Crippen LogP) is 3.37. The predicted molar refractivity (Wildman–Crippen MR) is 107 cm³/mol. The zero-order valence-corrected chi connectivity index (χ0v) is 15.9.